The average molecular weight is 342 g/mol. The van der Waals surface area contributed by atoms with Gasteiger partial charge in [-0.05, 0) is 73.9 Å². The number of nitrogen functional groups attached to an aromatic ring is 2. The molecule has 2 aromatic carbocycles. The molecule has 0 aliphatic heterocycles. The molecule has 1 fully saturated rings. The number of benzene rings is 2. The third kappa shape index (κ3) is 4.10. The maximum atomic E-state index is 13.7. The highest BCUT2D eigenvalue weighted by atomic mass is 19.1. The van der Waals surface area contributed by atoms with Crippen LogP contribution in [0.2, 0.25) is 0 Å². The van der Waals surface area contributed by atoms with Crippen LogP contribution < -0.4 is 11.5 Å². The Kier molecular flexibility index (Phi) is 4.93. The second-order valence-corrected chi connectivity index (χ2v) is 6.78. The van der Waals surface area contributed by atoms with Gasteiger partial charge in [0.25, 0.3) is 0 Å². The standard InChI is InChI=1S/C20H23FN2O2/c1-12-2-3-14(10-19(12)21)13-4-6-18(7-5-13)25-20(24)15-8-16(22)11-17(23)9-15/h2-3,8-11,13,18H,4-7,22-23H2,1H3. The minimum absolute atomic E-state index is 0.123. The number of halogens is 1. The molecule has 1 saturated carbocycles. The number of carbonyl (C=O) groups excluding carboxylic acids is 1. The van der Waals surface area contributed by atoms with Crippen LogP contribution in [0.25, 0.3) is 0 Å². The van der Waals surface area contributed by atoms with Gasteiger partial charge in [-0.2, -0.15) is 0 Å². The van der Waals surface area contributed by atoms with Crippen molar-refractivity contribution in [2.24, 2.45) is 0 Å². The van der Waals surface area contributed by atoms with Crippen LogP contribution in [0.1, 0.15) is 53.1 Å². The minimum Gasteiger partial charge on any atom is -0.459 e. The van der Waals surface area contributed by atoms with Crippen LogP contribution in [0, 0.1) is 12.7 Å². The van der Waals surface area contributed by atoms with E-state index in [0.717, 1.165) is 31.2 Å². The summed E-state index contributed by atoms with van der Waals surface area (Å²) < 4.78 is 19.3. The fourth-order valence-corrected chi connectivity index (χ4v) is 3.39. The molecule has 0 spiro atoms. The summed E-state index contributed by atoms with van der Waals surface area (Å²) in [5.41, 5.74) is 14.4. The molecule has 132 valence electrons. The van der Waals surface area contributed by atoms with Gasteiger partial charge in [0.05, 0.1) is 5.56 Å². The lowest BCUT2D eigenvalue weighted by Gasteiger charge is -2.28. The van der Waals surface area contributed by atoms with Gasteiger partial charge >= 0.3 is 5.97 Å². The van der Waals surface area contributed by atoms with E-state index in [1.165, 1.54) is 0 Å². The maximum Gasteiger partial charge on any atom is 0.338 e. The Morgan fingerprint density at radius 3 is 2.28 bits per heavy atom. The molecule has 0 atom stereocenters. The molecule has 4 N–H and O–H groups in total. The van der Waals surface area contributed by atoms with Gasteiger partial charge in [0, 0.05) is 11.4 Å². The number of hydrogen-bond donors (Lipinski definition) is 2. The molecule has 0 bridgehead atoms. The van der Waals surface area contributed by atoms with E-state index in [9.17, 15) is 9.18 Å². The third-order valence-corrected chi connectivity index (χ3v) is 4.83. The molecule has 0 aromatic heterocycles. The van der Waals surface area contributed by atoms with Crippen molar-refractivity contribution in [2.75, 3.05) is 11.5 Å². The molecule has 2 aromatic rings. The van der Waals surface area contributed by atoms with Crippen molar-refractivity contribution >= 4 is 17.3 Å². The highest BCUT2D eigenvalue weighted by Gasteiger charge is 2.25. The predicted octanol–water partition coefficient (Wildman–Crippen LogP) is 4.18. The number of aryl methyl sites for hydroxylation is 1. The second kappa shape index (κ2) is 7.13. The van der Waals surface area contributed by atoms with E-state index in [-0.39, 0.29) is 11.9 Å². The molecule has 3 rings (SSSR count). The number of nitrogens with two attached hydrogens (primary N) is 2. The van der Waals surface area contributed by atoms with E-state index in [2.05, 4.69) is 0 Å². The molecule has 4 nitrogen and oxygen atoms in total. The summed E-state index contributed by atoms with van der Waals surface area (Å²) in [7, 11) is 0. The molecular weight excluding hydrogens is 319 g/mol. The van der Waals surface area contributed by atoms with E-state index in [1.807, 2.05) is 12.1 Å². The van der Waals surface area contributed by atoms with Crippen LogP contribution >= 0.6 is 0 Å². The highest BCUT2D eigenvalue weighted by Crippen LogP contribution is 2.35. The molecule has 0 radical (unpaired) electrons. The summed E-state index contributed by atoms with van der Waals surface area (Å²) in [6.45, 7) is 1.76. The lowest BCUT2D eigenvalue weighted by Crippen LogP contribution is -2.24. The summed E-state index contributed by atoms with van der Waals surface area (Å²) in [4.78, 5) is 12.3. The summed E-state index contributed by atoms with van der Waals surface area (Å²) in [6, 6.07) is 10.2. The Balaban J connectivity index is 1.58. The zero-order valence-electron chi connectivity index (χ0n) is 14.3. The van der Waals surface area contributed by atoms with Crippen LogP contribution in [-0.4, -0.2) is 12.1 Å². The molecule has 1 aliphatic rings. The number of esters is 1. The van der Waals surface area contributed by atoms with E-state index in [4.69, 9.17) is 16.2 Å². The molecule has 0 amide bonds. The number of hydrogen-bond acceptors (Lipinski definition) is 4. The number of carbonyl (C=O) groups is 1. The number of rotatable bonds is 3. The first-order chi connectivity index (χ1) is 11.9. The summed E-state index contributed by atoms with van der Waals surface area (Å²) in [5.74, 6) is -0.248. The van der Waals surface area contributed by atoms with Gasteiger partial charge in [-0.3, -0.25) is 0 Å². The molecule has 5 heteroatoms. The Labute approximate surface area is 147 Å². The van der Waals surface area contributed by atoms with Crippen molar-refractivity contribution in [3.8, 4) is 0 Å². The third-order valence-electron chi connectivity index (χ3n) is 4.83. The first-order valence-electron chi connectivity index (χ1n) is 8.55. The van der Waals surface area contributed by atoms with Crippen molar-refractivity contribution in [3.05, 3.63) is 58.9 Å². The normalized spacial score (nSPS) is 20.2. The van der Waals surface area contributed by atoms with E-state index >= 15 is 0 Å². The second-order valence-electron chi connectivity index (χ2n) is 6.78. The fraction of sp³-hybridized carbons (Fsp3) is 0.350. The van der Waals surface area contributed by atoms with E-state index < -0.39 is 5.97 Å². The van der Waals surface area contributed by atoms with E-state index in [0.29, 0.717) is 28.4 Å². The first-order valence-corrected chi connectivity index (χ1v) is 8.55. The van der Waals surface area contributed by atoms with Gasteiger partial charge in [-0.15, -0.1) is 0 Å². The lowest BCUT2D eigenvalue weighted by atomic mass is 9.82. The Hall–Kier alpha value is -2.56. The Bertz CT molecular complexity index is 763. The predicted molar refractivity (Wildman–Crippen MR) is 96.8 cm³/mol. The van der Waals surface area contributed by atoms with Gasteiger partial charge in [-0.25, -0.2) is 9.18 Å². The zero-order chi connectivity index (χ0) is 18.0. The largest absolute Gasteiger partial charge is 0.459 e. The maximum absolute atomic E-state index is 13.7. The van der Waals surface area contributed by atoms with Crippen molar-refractivity contribution in [1.29, 1.82) is 0 Å². The monoisotopic (exact) mass is 342 g/mol. The van der Waals surface area contributed by atoms with Crippen LogP contribution in [-0.2, 0) is 4.74 Å². The van der Waals surface area contributed by atoms with Crippen molar-refractivity contribution in [2.45, 2.75) is 44.6 Å². The first kappa shape index (κ1) is 17.3. The minimum atomic E-state index is -0.399. The molecule has 25 heavy (non-hydrogen) atoms. The fourth-order valence-electron chi connectivity index (χ4n) is 3.39. The van der Waals surface area contributed by atoms with Gasteiger partial charge < -0.3 is 16.2 Å². The van der Waals surface area contributed by atoms with Gasteiger partial charge in [0.2, 0.25) is 0 Å². The SMILES string of the molecule is Cc1ccc(C2CCC(OC(=O)c3cc(N)cc(N)c3)CC2)cc1F. The number of ether oxygens (including phenoxy) is 1. The lowest BCUT2D eigenvalue weighted by molar-refractivity contribution is 0.0195. The summed E-state index contributed by atoms with van der Waals surface area (Å²) in [6.07, 6.45) is 3.16. The van der Waals surface area contributed by atoms with Crippen molar-refractivity contribution in [1.82, 2.24) is 0 Å². The van der Waals surface area contributed by atoms with Crippen molar-refractivity contribution < 1.29 is 13.9 Å². The van der Waals surface area contributed by atoms with Gasteiger partial charge in [0.1, 0.15) is 11.9 Å². The van der Waals surface area contributed by atoms with Crippen LogP contribution in [0.3, 0.4) is 0 Å². The summed E-state index contributed by atoms with van der Waals surface area (Å²) >= 11 is 0. The highest BCUT2D eigenvalue weighted by molar-refractivity contribution is 5.91. The van der Waals surface area contributed by atoms with Crippen molar-refractivity contribution in [3.63, 3.8) is 0 Å². The smallest absolute Gasteiger partial charge is 0.338 e. The summed E-state index contributed by atoms with van der Waals surface area (Å²) in [5, 5.41) is 0. The number of anilines is 2. The van der Waals surface area contributed by atoms with Gasteiger partial charge in [0.15, 0.2) is 0 Å². The molecule has 0 saturated heterocycles. The molecule has 1 aliphatic carbocycles. The van der Waals surface area contributed by atoms with Crippen LogP contribution in [0.5, 0.6) is 0 Å². The average Bonchev–Trinajstić information content (AvgIpc) is 2.57. The zero-order valence-corrected chi connectivity index (χ0v) is 14.3. The van der Waals surface area contributed by atoms with Crippen LogP contribution in [0.15, 0.2) is 36.4 Å². The molecule has 0 heterocycles. The van der Waals surface area contributed by atoms with Gasteiger partial charge in [-0.1, -0.05) is 12.1 Å². The Morgan fingerprint density at radius 2 is 1.68 bits per heavy atom. The van der Waals surface area contributed by atoms with E-state index in [1.54, 1.807) is 31.2 Å². The quantitative estimate of drug-likeness (QED) is 0.648. The molecule has 0 unspecified atom stereocenters. The Morgan fingerprint density at radius 1 is 1.04 bits per heavy atom. The topological polar surface area (TPSA) is 78.3 Å². The van der Waals surface area contributed by atoms with Crippen LogP contribution in [0.4, 0.5) is 15.8 Å². The molecular formula is C20H23FN2O2.